The molecule has 0 spiro atoms. The van der Waals surface area contributed by atoms with Crippen LogP contribution in [0.2, 0.25) is 5.02 Å². The number of aliphatic hydroxyl groups excluding tert-OH is 1. The summed E-state index contributed by atoms with van der Waals surface area (Å²) >= 11 is 5.99. The molecule has 0 aliphatic heterocycles. The van der Waals surface area contributed by atoms with E-state index in [-0.39, 0.29) is 5.56 Å². The van der Waals surface area contributed by atoms with Gasteiger partial charge in [0.05, 0.1) is 17.3 Å². The summed E-state index contributed by atoms with van der Waals surface area (Å²) in [5.74, 6) is 0.556. The maximum Gasteiger partial charge on any atom is 0.291 e. The van der Waals surface area contributed by atoms with Crippen LogP contribution in [0.5, 0.6) is 0 Å². The zero-order valence-electron chi connectivity index (χ0n) is 11.1. The lowest BCUT2D eigenvalue weighted by atomic mass is 9.85. The van der Waals surface area contributed by atoms with Gasteiger partial charge >= 0.3 is 0 Å². The van der Waals surface area contributed by atoms with E-state index in [1.54, 1.807) is 0 Å². The molecule has 5 nitrogen and oxygen atoms in total. The van der Waals surface area contributed by atoms with Crippen LogP contribution in [-0.2, 0) is 6.54 Å². The number of nitrogens with one attached hydrogen (secondary N) is 1. The van der Waals surface area contributed by atoms with Gasteiger partial charge in [0.15, 0.2) is 0 Å². The molecule has 0 aromatic carbocycles. The summed E-state index contributed by atoms with van der Waals surface area (Å²) in [6, 6.07) is 0. The maximum atomic E-state index is 12.2. The van der Waals surface area contributed by atoms with E-state index < -0.39 is 6.10 Å². The number of hydrogen-bond acceptors (Lipinski definition) is 4. The van der Waals surface area contributed by atoms with Crippen LogP contribution in [0.15, 0.2) is 11.0 Å². The normalized spacial score (nSPS) is 17.0. The molecule has 6 heteroatoms. The van der Waals surface area contributed by atoms with Gasteiger partial charge in [-0.2, -0.15) is 5.10 Å². The Morgan fingerprint density at radius 1 is 1.63 bits per heavy atom. The standard InChI is InChI=1S/C13H20ClN3O2/c1-2-10(18)6-15-12-11(14)7-16-17(13(12)19)8-9-4-3-5-9/h7,9-10,15,18H,2-6,8H2,1H3. The predicted molar refractivity (Wildman–Crippen MR) is 75.6 cm³/mol. The third kappa shape index (κ3) is 3.48. The summed E-state index contributed by atoms with van der Waals surface area (Å²) in [6.45, 7) is 2.86. The molecule has 1 unspecified atom stereocenters. The van der Waals surface area contributed by atoms with E-state index >= 15 is 0 Å². The Morgan fingerprint density at radius 3 is 2.95 bits per heavy atom. The second kappa shape index (κ2) is 6.39. The van der Waals surface area contributed by atoms with Gasteiger partial charge in [-0.05, 0) is 25.2 Å². The van der Waals surface area contributed by atoms with Gasteiger partial charge in [-0.1, -0.05) is 24.9 Å². The van der Waals surface area contributed by atoms with E-state index in [1.165, 1.54) is 17.3 Å². The molecule has 2 rings (SSSR count). The molecule has 1 aromatic rings. The van der Waals surface area contributed by atoms with E-state index in [1.807, 2.05) is 6.92 Å². The zero-order valence-corrected chi connectivity index (χ0v) is 11.9. The van der Waals surface area contributed by atoms with Crippen LogP contribution < -0.4 is 10.9 Å². The van der Waals surface area contributed by atoms with Crippen LogP contribution in [-0.4, -0.2) is 27.5 Å². The number of aliphatic hydroxyl groups is 1. The van der Waals surface area contributed by atoms with Crippen molar-refractivity contribution >= 4 is 17.3 Å². The van der Waals surface area contributed by atoms with Crippen molar-refractivity contribution in [3.8, 4) is 0 Å². The Labute approximate surface area is 117 Å². The number of aromatic nitrogens is 2. The lowest BCUT2D eigenvalue weighted by Gasteiger charge is -2.25. The highest BCUT2D eigenvalue weighted by atomic mass is 35.5. The first-order valence-corrected chi connectivity index (χ1v) is 7.17. The molecular weight excluding hydrogens is 266 g/mol. The van der Waals surface area contributed by atoms with Crippen molar-refractivity contribution in [3.63, 3.8) is 0 Å². The van der Waals surface area contributed by atoms with Crippen molar-refractivity contribution in [2.75, 3.05) is 11.9 Å². The summed E-state index contributed by atoms with van der Waals surface area (Å²) in [5.41, 5.74) is 0.131. The van der Waals surface area contributed by atoms with Gasteiger partial charge in [-0.25, -0.2) is 4.68 Å². The van der Waals surface area contributed by atoms with Gasteiger partial charge < -0.3 is 10.4 Å². The average molecular weight is 286 g/mol. The summed E-state index contributed by atoms with van der Waals surface area (Å²) in [5, 5.41) is 16.8. The van der Waals surface area contributed by atoms with Gasteiger partial charge in [0.25, 0.3) is 5.56 Å². The first kappa shape index (κ1) is 14.3. The van der Waals surface area contributed by atoms with E-state index in [2.05, 4.69) is 10.4 Å². The molecule has 1 atom stereocenters. The lowest BCUT2D eigenvalue weighted by molar-refractivity contribution is 0.183. The van der Waals surface area contributed by atoms with Crippen LogP contribution >= 0.6 is 11.6 Å². The Morgan fingerprint density at radius 2 is 2.37 bits per heavy atom. The molecule has 1 aromatic heterocycles. The second-order valence-corrected chi connectivity index (χ2v) is 5.50. The van der Waals surface area contributed by atoms with Crippen LogP contribution in [0.25, 0.3) is 0 Å². The predicted octanol–water partition coefficient (Wildman–Crippen LogP) is 1.88. The second-order valence-electron chi connectivity index (χ2n) is 5.09. The quantitative estimate of drug-likeness (QED) is 0.837. The number of anilines is 1. The summed E-state index contributed by atoms with van der Waals surface area (Å²) < 4.78 is 1.47. The van der Waals surface area contributed by atoms with Gasteiger partial charge in [-0.15, -0.1) is 0 Å². The summed E-state index contributed by atoms with van der Waals surface area (Å²) in [4.78, 5) is 12.2. The molecule has 0 bridgehead atoms. The highest BCUT2D eigenvalue weighted by Crippen LogP contribution is 2.27. The fourth-order valence-corrected chi connectivity index (χ4v) is 2.23. The van der Waals surface area contributed by atoms with E-state index in [4.69, 9.17) is 11.6 Å². The molecule has 1 aliphatic rings. The third-order valence-corrected chi connectivity index (χ3v) is 3.93. The van der Waals surface area contributed by atoms with Crippen LogP contribution in [0.1, 0.15) is 32.6 Å². The largest absolute Gasteiger partial charge is 0.391 e. The van der Waals surface area contributed by atoms with Crippen molar-refractivity contribution in [3.05, 3.63) is 21.6 Å². The molecule has 1 aliphatic carbocycles. The van der Waals surface area contributed by atoms with Crippen molar-refractivity contribution in [2.24, 2.45) is 5.92 Å². The van der Waals surface area contributed by atoms with Crippen molar-refractivity contribution in [1.82, 2.24) is 9.78 Å². The molecule has 1 fully saturated rings. The molecule has 1 heterocycles. The molecule has 2 N–H and O–H groups in total. The molecule has 1 saturated carbocycles. The molecule has 0 radical (unpaired) electrons. The Bertz CT molecular complexity index is 485. The minimum Gasteiger partial charge on any atom is -0.391 e. The van der Waals surface area contributed by atoms with Gasteiger partial charge in [0.2, 0.25) is 0 Å². The smallest absolute Gasteiger partial charge is 0.291 e. The first-order valence-electron chi connectivity index (χ1n) is 6.79. The minimum atomic E-state index is -0.483. The van der Waals surface area contributed by atoms with Crippen molar-refractivity contribution < 1.29 is 5.11 Å². The first-order chi connectivity index (χ1) is 9.11. The van der Waals surface area contributed by atoms with Gasteiger partial charge in [0.1, 0.15) is 5.69 Å². The van der Waals surface area contributed by atoms with Crippen molar-refractivity contribution in [1.29, 1.82) is 0 Å². The third-order valence-electron chi connectivity index (χ3n) is 3.64. The Hall–Kier alpha value is -1.07. The van der Waals surface area contributed by atoms with Crippen LogP contribution in [0, 0.1) is 5.92 Å². The fraction of sp³-hybridized carbons (Fsp3) is 0.692. The number of hydrogen-bond donors (Lipinski definition) is 2. The van der Waals surface area contributed by atoms with Crippen LogP contribution in [0.3, 0.4) is 0 Å². The average Bonchev–Trinajstić information content (AvgIpc) is 2.35. The Kier molecular flexibility index (Phi) is 4.82. The van der Waals surface area contributed by atoms with Gasteiger partial charge in [-0.3, -0.25) is 4.79 Å². The van der Waals surface area contributed by atoms with Crippen molar-refractivity contribution in [2.45, 2.75) is 45.3 Å². The molecule has 106 valence electrons. The molecule has 0 saturated heterocycles. The number of halogens is 1. The molecule has 19 heavy (non-hydrogen) atoms. The van der Waals surface area contributed by atoms with E-state index in [0.717, 1.165) is 12.8 Å². The lowest BCUT2D eigenvalue weighted by Crippen LogP contribution is -2.32. The number of rotatable bonds is 6. The molecule has 0 amide bonds. The fourth-order valence-electron chi connectivity index (χ4n) is 2.04. The number of nitrogens with zero attached hydrogens (tertiary/aromatic N) is 2. The monoisotopic (exact) mass is 285 g/mol. The van der Waals surface area contributed by atoms with Gasteiger partial charge in [0, 0.05) is 13.1 Å². The topological polar surface area (TPSA) is 67.2 Å². The zero-order chi connectivity index (χ0) is 13.8. The Balaban J connectivity index is 2.11. The maximum absolute atomic E-state index is 12.2. The highest BCUT2D eigenvalue weighted by molar-refractivity contribution is 6.32. The summed E-state index contributed by atoms with van der Waals surface area (Å²) in [6.07, 6.45) is 5.20. The molecular formula is C13H20ClN3O2. The minimum absolute atomic E-state index is 0.206. The van der Waals surface area contributed by atoms with E-state index in [9.17, 15) is 9.90 Å². The highest BCUT2D eigenvalue weighted by Gasteiger charge is 2.20. The van der Waals surface area contributed by atoms with E-state index in [0.29, 0.717) is 36.1 Å². The summed E-state index contributed by atoms with van der Waals surface area (Å²) in [7, 11) is 0. The SMILES string of the molecule is CCC(O)CNc1c(Cl)cnn(CC2CCC2)c1=O. The van der Waals surface area contributed by atoms with Crippen LogP contribution in [0.4, 0.5) is 5.69 Å².